The van der Waals surface area contributed by atoms with Gasteiger partial charge < -0.3 is 13.8 Å². The second kappa shape index (κ2) is 6.32. The summed E-state index contributed by atoms with van der Waals surface area (Å²) in [6.07, 6.45) is 2.28. The largest absolute Gasteiger partial charge is 0.381 e. The molecule has 0 aromatic carbocycles. The summed E-state index contributed by atoms with van der Waals surface area (Å²) < 4.78 is 16.1. The minimum atomic E-state index is 0.192. The summed E-state index contributed by atoms with van der Waals surface area (Å²) in [7, 11) is 6.61. The Morgan fingerprint density at radius 1 is 1.69 bits per heavy atom. The zero-order valence-corrected chi connectivity index (χ0v) is 10.2. The maximum absolute atomic E-state index is 5.75. The van der Waals surface area contributed by atoms with Gasteiger partial charge in [-0.05, 0) is 6.42 Å². The lowest BCUT2D eigenvalue weighted by atomic mass is 9.73. The first-order valence-electron chi connectivity index (χ1n) is 4.38. The Kier molecular flexibility index (Phi) is 5.77. The van der Waals surface area contributed by atoms with E-state index in [0.29, 0.717) is 8.81 Å². The van der Waals surface area contributed by atoms with Gasteiger partial charge in [0.05, 0.1) is 12.2 Å². The van der Waals surface area contributed by atoms with Gasteiger partial charge in [-0.3, -0.25) is 0 Å². The molecule has 1 saturated heterocycles. The van der Waals surface area contributed by atoms with Crippen LogP contribution in [0.1, 0.15) is 6.42 Å². The van der Waals surface area contributed by atoms with Crippen LogP contribution in [0.2, 0.25) is 6.82 Å². The Bertz CT molecular complexity index is 150. The second-order valence-electron chi connectivity index (χ2n) is 3.01. The fourth-order valence-electron chi connectivity index (χ4n) is 1.45. The SMILES string of the molecule is C[B][C@H]1CC(OP)[C@@H](CPOC)O1. The van der Waals surface area contributed by atoms with Crippen molar-refractivity contribution >= 4 is 25.6 Å². The predicted molar refractivity (Wildman–Crippen MR) is 59.7 cm³/mol. The highest BCUT2D eigenvalue weighted by molar-refractivity contribution is 7.32. The van der Waals surface area contributed by atoms with Crippen LogP contribution in [0.4, 0.5) is 0 Å². The molecule has 1 aliphatic rings. The molecule has 0 bridgehead atoms. The van der Waals surface area contributed by atoms with Crippen LogP contribution in [0.25, 0.3) is 0 Å². The number of ether oxygens (including phenoxy) is 1. The molecule has 0 amide bonds. The van der Waals surface area contributed by atoms with Gasteiger partial charge in [-0.15, -0.1) is 0 Å². The van der Waals surface area contributed by atoms with Crippen molar-refractivity contribution in [1.82, 2.24) is 0 Å². The predicted octanol–water partition coefficient (Wildman–Crippen LogP) is 1.27. The lowest BCUT2D eigenvalue weighted by Gasteiger charge is -2.15. The van der Waals surface area contributed by atoms with E-state index in [0.717, 1.165) is 12.6 Å². The second-order valence-corrected chi connectivity index (χ2v) is 4.39. The van der Waals surface area contributed by atoms with Gasteiger partial charge in [0.2, 0.25) is 0 Å². The van der Waals surface area contributed by atoms with E-state index < -0.39 is 0 Å². The van der Waals surface area contributed by atoms with Crippen LogP contribution in [-0.4, -0.2) is 38.8 Å². The van der Waals surface area contributed by atoms with Crippen LogP contribution in [0.15, 0.2) is 0 Å². The molecule has 1 radical (unpaired) electrons. The van der Waals surface area contributed by atoms with E-state index in [1.807, 2.05) is 6.82 Å². The maximum atomic E-state index is 5.75. The summed E-state index contributed by atoms with van der Waals surface area (Å²) in [5.74, 6) is 0. The normalized spacial score (nSPS) is 34.5. The smallest absolute Gasteiger partial charge is 0.146 e. The number of hydrogen-bond donors (Lipinski definition) is 0. The van der Waals surface area contributed by atoms with E-state index in [1.54, 1.807) is 7.11 Å². The van der Waals surface area contributed by atoms with Crippen molar-refractivity contribution in [2.24, 2.45) is 0 Å². The third-order valence-corrected chi connectivity index (χ3v) is 3.41. The molecule has 5 atom stereocenters. The number of hydrogen-bond acceptors (Lipinski definition) is 3. The monoisotopic (exact) mass is 221 g/mol. The van der Waals surface area contributed by atoms with Crippen LogP contribution in [0, 0.1) is 0 Å². The molecule has 1 fully saturated rings. The van der Waals surface area contributed by atoms with Crippen LogP contribution in [0.5, 0.6) is 0 Å². The van der Waals surface area contributed by atoms with Gasteiger partial charge in [0.25, 0.3) is 0 Å². The third-order valence-electron chi connectivity index (χ3n) is 2.20. The third kappa shape index (κ3) is 3.45. The summed E-state index contributed by atoms with van der Waals surface area (Å²) in [6, 6.07) is 0.247. The van der Waals surface area contributed by atoms with E-state index in [2.05, 4.69) is 16.7 Å². The molecule has 3 nitrogen and oxygen atoms in total. The molecule has 0 aromatic heterocycles. The van der Waals surface area contributed by atoms with Crippen LogP contribution in [0.3, 0.4) is 0 Å². The molecule has 13 heavy (non-hydrogen) atoms. The quantitative estimate of drug-likeness (QED) is 0.516. The fourth-order valence-corrected chi connectivity index (χ4v) is 2.43. The molecular weight excluding hydrogens is 205 g/mol. The molecule has 0 saturated carbocycles. The van der Waals surface area contributed by atoms with Crippen molar-refractivity contribution in [2.75, 3.05) is 13.3 Å². The van der Waals surface area contributed by atoms with Crippen molar-refractivity contribution < 1.29 is 13.8 Å². The molecule has 0 aliphatic carbocycles. The van der Waals surface area contributed by atoms with E-state index in [9.17, 15) is 0 Å². The Balaban J connectivity index is 2.33. The van der Waals surface area contributed by atoms with Crippen molar-refractivity contribution in [3.8, 4) is 0 Å². The van der Waals surface area contributed by atoms with Crippen LogP contribution in [-0.2, 0) is 13.8 Å². The average Bonchev–Trinajstić information content (AvgIpc) is 2.57. The summed E-state index contributed by atoms with van der Waals surface area (Å²) in [5.41, 5.74) is 0. The maximum Gasteiger partial charge on any atom is 0.146 e. The first-order valence-corrected chi connectivity index (χ1v) is 5.96. The lowest BCUT2D eigenvalue weighted by molar-refractivity contribution is 0.0632. The van der Waals surface area contributed by atoms with E-state index >= 15 is 0 Å². The molecule has 0 spiro atoms. The average molecular weight is 221 g/mol. The fraction of sp³-hybridized carbons (Fsp3) is 1.00. The summed E-state index contributed by atoms with van der Waals surface area (Å²) in [4.78, 5) is 0. The first-order chi connectivity index (χ1) is 6.31. The lowest BCUT2D eigenvalue weighted by Crippen LogP contribution is -2.23. The van der Waals surface area contributed by atoms with Crippen molar-refractivity contribution in [2.45, 2.75) is 31.5 Å². The molecule has 1 aliphatic heterocycles. The van der Waals surface area contributed by atoms with Crippen LogP contribution < -0.4 is 0 Å². The van der Waals surface area contributed by atoms with Gasteiger partial charge >= 0.3 is 0 Å². The minimum Gasteiger partial charge on any atom is -0.381 e. The molecule has 0 N–H and O–H groups in total. The zero-order chi connectivity index (χ0) is 9.68. The molecule has 1 rings (SSSR count). The van der Waals surface area contributed by atoms with Gasteiger partial charge in [0, 0.05) is 37.5 Å². The van der Waals surface area contributed by atoms with Gasteiger partial charge in [0.1, 0.15) is 7.28 Å². The van der Waals surface area contributed by atoms with Gasteiger partial charge in [-0.2, -0.15) is 0 Å². The Morgan fingerprint density at radius 3 is 3.00 bits per heavy atom. The highest BCUT2D eigenvalue weighted by atomic mass is 31.1. The van der Waals surface area contributed by atoms with Gasteiger partial charge in [-0.1, -0.05) is 6.82 Å². The topological polar surface area (TPSA) is 27.7 Å². The van der Waals surface area contributed by atoms with Crippen molar-refractivity contribution in [3.63, 3.8) is 0 Å². The molecule has 6 heteroatoms. The standard InChI is InChI=1S/C7H16BO3P2/c1-8-7-3-5(11-12)6(10-7)4-13-9-2/h5-7,13H,3-4,12H2,1-2H3/t5?,6-,7-/m1/s1. The van der Waals surface area contributed by atoms with Gasteiger partial charge in [-0.25, -0.2) is 0 Å². The minimum absolute atomic E-state index is 0.192. The first kappa shape index (κ1) is 11.9. The Hall–Kier alpha value is 0.805. The molecule has 75 valence electrons. The number of rotatable bonds is 5. The molecule has 3 unspecified atom stereocenters. The Morgan fingerprint density at radius 2 is 2.46 bits per heavy atom. The molecule has 0 aromatic rings. The molecular formula is C7H16BO3P2. The highest BCUT2D eigenvalue weighted by Gasteiger charge is 2.34. The Labute approximate surface area is 84.7 Å². The van der Waals surface area contributed by atoms with Crippen molar-refractivity contribution in [1.29, 1.82) is 0 Å². The molecule has 1 heterocycles. The summed E-state index contributed by atoms with van der Waals surface area (Å²) in [6.45, 7) is 2.02. The van der Waals surface area contributed by atoms with Gasteiger partial charge in [0.15, 0.2) is 0 Å². The summed E-state index contributed by atoms with van der Waals surface area (Å²) >= 11 is 0. The van der Waals surface area contributed by atoms with E-state index in [-0.39, 0.29) is 18.2 Å². The summed E-state index contributed by atoms with van der Waals surface area (Å²) in [5, 5.41) is 0. The van der Waals surface area contributed by atoms with E-state index in [4.69, 9.17) is 13.8 Å². The zero-order valence-electron chi connectivity index (χ0n) is 8.03. The van der Waals surface area contributed by atoms with E-state index in [1.165, 1.54) is 0 Å². The van der Waals surface area contributed by atoms with Crippen molar-refractivity contribution in [3.05, 3.63) is 0 Å². The van der Waals surface area contributed by atoms with Crippen LogP contribution >= 0.6 is 18.3 Å². The highest BCUT2D eigenvalue weighted by Crippen LogP contribution is 2.28.